The molecule has 0 radical (unpaired) electrons. The van der Waals surface area contributed by atoms with Crippen molar-refractivity contribution >= 4 is 21.4 Å². The van der Waals surface area contributed by atoms with Gasteiger partial charge in [0.1, 0.15) is 40.3 Å². The minimum absolute atomic E-state index is 0. The van der Waals surface area contributed by atoms with Gasteiger partial charge >= 0.3 is 85.5 Å². The second kappa shape index (κ2) is 24.2. The van der Waals surface area contributed by atoms with Crippen LogP contribution >= 0.6 is 15.6 Å². The molecule has 0 amide bonds. The van der Waals surface area contributed by atoms with Crippen LogP contribution in [0.1, 0.15) is 13.8 Å². The van der Waals surface area contributed by atoms with Crippen LogP contribution in [0.15, 0.2) is 110 Å². The molecule has 28 heteroatoms. The molecule has 0 aliphatic carbocycles. The minimum Gasteiger partial charge on any atom is 2.00 e. The molecule has 13 nitrogen and oxygen atoms in total. The molecule has 0 spiro atoms. The average Bonchev–Trinajstić information content (AvgIpc) is 3.24. The first-order chi connectivity index (χ1) is 30.1. The summed E-state index contributed by atoms with van der Waals surface area (Å²) in [5.41, 5.74) is 4.57. The molecule has 67 heavy (non-hydrogen) atoms. The fraction of sp³-hybridized carbons (Fsp3) is 0.205. The summed E-state index contributed by atoms with van der Waals surface area (Å²) in [4.78, 5) is 34.9. The summed E-state index contributed by atoms with van der Waals surface area (Å²) in [5.74, 6) is 4.72. The Labute approximate surface area is 388 Å². The van der Waals surface area contributed by atoms with E-state index in [1.165, 1.54) is 13.8 Å². The molecule has 0 saturated carbocycles. The summed E-state index contributed by atoms with van der Waals surface area (Å²) >= 11 is 0. The van der Waals surface area contributed by atoms with Gasteiger partial charge < -0.3 is 33.2 Å². The normalized spacial score (nSPS) is 12.3. The van der Waals surface area contributed by atoms with Crippen molar-refractivity contribution in [3.63, 3.8) is 0 Å². The van der Waals surface area contributed by atoms with Crippen LogP contribution < -0.4 is 28.4 Å². The quantitative estimate of drug-likeness (QED) is 0.0768. The molecule has 6 aromatic rings. The molecular weight excluding hydrogens is 1060 g/mol. The van der Waals surface area contributed by atoms with E-state index in [9.17, 15) is 55.2 Å². The summed E-state index contributed by atoms with van der Waals surface area (Å²) < 4.78 is 149. The Morgan fingerprint density at radius 3 is 0.537 bits per heavy atom. The Hall–Kier alpha value is -5.99. The summed E-state index contributed by atoms with van der Waals surface area (Å²) in [6.07, 6.45) is 10.1. The third-order valence-electron chi connectivity index (χ3n) is 6.59. The van der Waals surface area contributed by atoms with Crippen LogP contribution in [-0.2, 0) is 24.3 Å². The van der Waals surface area contributed by atoms with Gasteiger partial charge in [0.05, 0.1) is 76.8 Å². The largest absolute Gasteiger partial charge is 2.00 e. The molecule has 0 bridgehead atoms. The monoisotopic (exact) mass is 1100 g/mol. The molecule has 372 valence electrons. The van der Waals surface area contributed by atoms with E-state index in [4.69, 9.17) is 28.4 Å². The molecule has 6 aromatic heterocycles. The molecule has 6 heterocycles. The van der Waals surface area contributed by atoms with Gasteiger partial charge in [-0.15, -0.1) is 0 Å². The zero-order chi connectivity index (χ0) is 50.5. The fourth-order valence-corrected chi connectivity index (χ4v) is 4.07. The maximum atomic E-state index is 9.87. The predicted molar refractivity (Wildman–Crippen MR) is 225 cm³/mol. The van der Waals surface area contributed by atoms with E-state index in [0.717, 1.165) is 68.7 Å². The number of methoxy groups -OCH3 is 6. The van der Waals surface area contributed by atoms with Crippen molar-refractivity contribution in [1.82, 2.24) is 29.9 Å². The molecule has 0 atom stereocenters. The predicted octanol–water partition coefficient (Wildman–Crippen LogP) is 13.8. The topological polar surface area (TPSA) is 150 Å². The number of hydrogen-bond donors (Lipinski definition) is 0. The molecule has 0 N–H and O–H groups in total. The first-order valence-corrected chi connectivity index (χ1v) is 21.8. The first kappa shape index (κ1) is 61.0. The number of Topliss-reactive ketones (excluding diaryl/α,β-unsaturated/α-hetero) is 1. The van der Waals surface area contributed by atoms with Crippen molar-refractivity contribution in [2.24, 2.45) is 0 Å². The van der Waals surface area contributed by atoms with Crippen molar-refractivity contribution in [3.8, 4) is 68.7 Å². The van der Waals surface area contributed by atoms with Crippen molar-refractivity contribution in [2.75, 3.05) is 42.7 Å². The van der Waals surface area contributed by atoms with Gasteiger partial charge in [0.15, 0.2) is 0 Å². The fourth-order valence-electron chi connectivity index (χ4n) is 4.07. The third-order valence-corrected chi connectivity index (χ3v) is 6.59. The molecular formula is C39H42F12N6O7P2Ru. The number of carbonyl (C=O) groups is 1. The Balaban J connectivity index is 0.000000823. The number of nitrogens with zero attached hydrogens (tertiary/aromatic N) is 6. The number of pyridine rings is 6. The molecule has 0 saturated heterocycles. The zero-order valence-electron chi connectivity index (χ0n) is 36.2. The molecule has 0 unspecified atom stereocenters. The van der Waals surface area contributed by atoms with E-state index in [1.807, 2.05) is 36.4 Å². The Bertz CT molecular complexity index is 2080. The van der Waals surface area contributed by atoms with E-state index in [-0.39, 0.29) is 25.3 Å². The number of rotatable bonds is 9. The Kier molecular flexibility index (Phi) is 22.0. The van der Waals surface area contributed by atoms with Gasteiger partial charge in [-0.05, 0) is 50.2 Å². The van der Waals surface area contributed by atoms with Crippen molar-refractivity contribution in [1.29, 1.82) is 0 Å². The van der Waals surface area contributed by atoms with Crippen LogP contribution in [0.5, 0.6) is 34.5 Å². The summed E-state index contributed by atoms with van der Waals surface area (Å²) in [5, 5.41) is 0. The molecule has 0 aliphatic heterocycles. The van der Waals surface area contributed by atoms with Crippen LogP contribution in [-0.4, -0.2) is 78.3 Å². The second-order valence-electron chi connectivity index (χ2n) is 12.3. The van der Waals surface area contributed by atoms with Crippen LogP contribution in [0.2, 0.25) is 0 Å². The zero-order valence-corrected chi connectivity index (χ0v) is 39.7. The van der Waals surface area contributed by atoms with E-state index < -0.39 is 15.6 Å². The molecule has 0 aromatic carbocycles. The van der Waals surface area contributed by atoms with E-state index in [0.29, 0.717) is 0 Å². The van der Waals surface area contributed by atoms with Gasteiger partial charge in [0.25, 0.3) is 0 Å². The maximum absolute atomic E-state index is 10.7. The number of aromatic nitrogens is 6. The van der Waals surface area contributed by atoms with Crippen molar-refractivity contribution in [2.45, 2.75) is 13.8 Å². The maximum Gasteiger partial charge on any atom is 2.00 e. The van der Waals surface area contributed by atoms with Crippen LogP contribution in [0.4, 0.5) is 50.4 Å². The number of ketones is 1. The van der Waals surface area contributed by atoms with Crippen LogP contribution in [0.25, 0.3) is 34.2 Å². The number of carbonyl (C=O) groups excluding carboxylic acids is 1. The van der Waals surface area contributed by atoms with Crippen LogP contribution in [0.3, 0.4) is 0 Å². The summed E-state index contributed by atoms with van der Waals surface area (Å²) in [6, 6.07) is 21.8. The van der Waals surface area contributed by atoms with E-state index in [1.54, 1.807) is 116 Å². The Morgan fingerprint density at radius 1 is 0.343 bits per heavy atom. The number of ether oxygens (including phenoxy) is 6. The molecule has 0 aliphatic rings. The first-order valence-electron chi connectivity index (χ1n) is 17.7. The third kappa shape index (κ3) is 33.2. The smallest absolute Gasteiger partial charge is 2.00 e. The van der Waals surface area contributed by atoms with Gasteiger partial charge in [-0.25, -0.2) is 0 Å². The summed E-state index contributed by atoms with van der Waals surface area (Å²) in [6.45, 7) is 3.06. The number of hydrogen-bond acceptors (Lipinski definition) is 13. The minimum atomic E-state index is -10.7. The van der Waals surface area contributed by atoms with Gasteiger partial charge in [-0.1, -0.05) is 0 Å². The second-order valence-corrected chi connectivity index (χ2v) is 16.1. The number of halogens is 12. The van der Waals surface area contributed by atoms with Crippen LogP contribution in [0, 0.1) is 0 Å². The van der Waals surface area contributed by atoms with Crippen molar-refractivity contribution in [3.05, 3.63) is 110 Å². The van der Waals surface area contributed by atoms with E-state index >= 15 is 0 Å². The van der Waals surface area contributed by atoms with Gasteiger partial charge in [0.2, 0.25) is 0 Å². The molecule has 0 fully saturated rings. The van der Waals surface area contributed by atoms with Gasteiger partial charge in [-0.3, -0.25) is 29.9 Å². The average molecular weight is 1100 g/mol. The standard InChI is InChI=1S/3C12H12N2O2.C3H6O.2F6P.Ru/c3*1-15-9-3-5-13-11(7-9)12-8-10(16-2)4-6-14-12;1-3(2)4;2*1-7(2,3,4,5)6;/h3*3-8H,1-2H3;1-2H3;;;/q;;;;2*-1;+2. The summed E-state index contributed by atoms with van der Waals surface area (Å²) in [7, 11) is -11.6. The van der Waals surface area contributed by atoms with Gasteiger partial charge in [0, 0.05) is 73.6 Å². The van der Waals surface area contributed by atoms with E-state index in [2.05, 4.69) is 29.9 Å². The van der Waals surface area contributed by atoms with Gasteiger partial charge in [-0.2, -0.15) is 0 Å². The van der Waals surface area contributed by atoms with Crippen molar-refractivity contribution < 1.29 is 103 Å². The Morgan fingerprint density at radius 2 is 0.448 bits per heavy atom. The SMILES string of the molecule is CC(C)=O.COc1ccnc(-c2cc(OC)ccn2)c1.COc1ccnc(-c2cc(OC)ccn2)c1.COc1ccnc(-c2cc(OC)ccn2)c1.F[P-](F)(F)(F)(F)F.F[P-](F)(F)(F)(F)F.[Ru+2]. The molecule has 6 rings (SSSR count).